The molecule has 4 aromatic rings. The number of carbonyl (C=O) groups excluding carboxylic acids is 2. The Bertz CT molecular complexity index is 1410. The fraction of sp³-hybridized carbons (Fsp3) is 0.240. The van der Waals surface area contributed by atoms with E-state index in [1.807, 2.05) is 6.07 Å². The lowest BCUT2D eigenvalue weighted by atomic mass is 9.97. The van der Waals surface area contributed by atoms with Crippen LogP contribution in [0, 0.1) is 0 Å². The van der Waals surface area contributed by atoms with Crippen molar-refractivity contribution in [3.05, 3.63) is 83.3 Å². The van der Waals surface area contributed by atoms with Crippen LogP contribution in [0.3, 0.4) is 0 Å². The van der Waals surface area contributed by atoms with Crippen molar-refractivity contribution in [1.29, 1.82) is 0 Å². The zero-order valence-electron chi connectivity index (χ0n) is 19.2. The topological polar surface area (TPSA) is 131 Å². The second-order valence-corrected chi connectivity index (χ2v) is 8.87. The van der Waals surface area contributed by atoms with Crippen molar-refractivity contribution in [2.24, 2.45) is 0 Å². The molecule has 0 saturated carbocycles. The van der Waals surface area contributed by atoms with E-state index >= 15 is 0 Å². The van der Waals surface area contributed by atoms with Crippen LogP contribution < -0.4 is 5.73 Å². The van der Waals surface area contributed by atoms with Gasteiger partial charge in [0.25, 0.3) is 0 Å². The van der Waals surface area contributed by atoms with E-state index in [4.69, 9.17) is 31.5 Å². The van der Waals surface area contributed by atoms with E-state index in [0.717, 1.165) is 0 Å². The Labute approximate surface area is 211 Å². The minimum atomic E-state index is -1.15. The lowest BCUT2D eigenvalue weighted by Crippen LogP contribution is -2.43. The third kappa shape index (κ3) is 4.60. The fourth-order valence-electron chi connectivity index (χ4n) is 4.11. The summed E-state index contributed by atoms with van der Waals surface area (Å²) in [5, 5.41) is 0.112. The number of anilines is 1. The standard InChI is InChI=1S/C25H22ClN5O5/c1-25(36-23(33)16-10-6-3-7-11-16)12-18(31-14-28-19-20(26)29-24(27)30-21(19)31)35-17(25)13-34-22(32)15-8-4-2-5-9-15/h2-11,14,17-18H,12-13H2,1H3,(H2,27,29,30)/t17-,18-,25+/m1/s1. The second-order valence-electron chi connectivity index (χ2n) is 8.51. The molecule has 0 bridgehead atoms. The summed E-state index contributed by atoms with van der Waals surface area (Å²) in [6.07, 6.45) is 0.295. The highest BCUT2D eigenvalue weighted by Crippen LogP contribution is 2.41. The van der Waals surface area contributed by atoms with Crippen LogP contribution in [-0.2, 0) is 14.2 Å². The molecule has 5 rings (SSSR count). The van der Waals surface area contributed by atoms with Gasteiger partial charge in [-0.3, -0.25) is 4.57 Å². The quantitative estimate of drug-likeness (QED) is 0.305. The van der Waals surface area contributed by atoms with Gasteiger partial charge in [-0.15, -0.1) is 0 Å². The number of nitrogens with two attached hydrogens (primary N) is 1. The molecule has 2 aromatic carbocycles. The first-order valence-electron chi connectivity index (χ1n) is 11.2. The van der Waals surface area contributed by atoms with E-state index in [9.17, 15) is 9.59 Å². The summed E-state index contributed by atoms with van der Waals surface area (Å²) >= 11 is 6.17. The first kappa shape index (κ1) is 23.7. The Morgan fingerprint density at radius 1 is 1.08 bits per heavy atom. The highest BCUT2D eigenvalue weighted by Gasteiger charge is 2.50. The Balaban J connectivity index is 1.42. The van der Waals surface area contributed by atoms with Gasteiger partial charge in [0.2, 0.25) is 5.95 Å². The molecule has 2 aromatic heterocycles. The van der Waals surface area contributed by atoms with Crippen LogP contribution in [-0.4, -0.2) is 49.8 Å². The number of halogens is 1. The Morgan fingerprint density at radius 2 is 1.72 bits per heavy atom. The Kier molecular flexibility index (Phi) is 6.29. The molecule has 11 heteroatoms. The van der Waals surface area contributed by atoms with Gasteiger partial charge in [-0.1, -0.05) is 48.0 Å². The number of benzene rings is 2. The summed E-state index contributed by atoms with van der Waals surface area (Å²) in [4.78, 5) is 38.0. The highest BCUT2D eigenvalue weighted by molar-refractivity contribution is 6.33. The maximum absolute atomic E-state index is 12.9. The number of hydrogen-bond donors (Lipinski definition) is 1. The van der Waals surface area contributed by atoms with Crippen molar-refractivity contribution in [2.75, 3.05) is 12.3 Å². The van der Waals surface area contributed by atoms with E-state index in [-0.39, 0.29) is 24.1 Å². The lowest BCUT2D eigenvalue weighted by molar-refractivity contribution is -0.0866. The minimum Gasteiger partial charge on any atom is -0.459 e. The minimum absolute atomic E-state index is 0.0149. The van der Waals surface area contributed by atoms with Gasteiger partial charge < -0.3 is 19.9 Å². The predicted octanol–water partition coefficient (Wildman–Crippen LogP) is 3.82. The molecule has 0 radical (unpaired) electrons. The zero-order valence-corrected chi connectivity index (χ0v) is 20.0. The molecule has 1 aliphatic rings. The number of fused-ring (bicyclic) bond motifs is 1. The summed E-state index contributed by atoms with van der Waals surface area (Å²) < 4.78 is 19.4. The highest BCUT2D eigenvalue weighted by atomic mass is 35.5. The molecule has 1 aliphatic heterocycles. The first-order chi connectivity index (χ1) is 17.3. The van der Waals surface area contributed by atoms with Crippen LogP contribution in [0.1, 0.15) is 40.3 Å². The van der Waals surface area contributed by atoms with E-state index in [1.165, 1.54) is 6.33 Å². The van der Waals surface area contributed by atoms with Gasteiger partial charge in [-0.25, -0.2) is 14.6 Å². The molecule has 10 nitrogen and oxygen atoms in total. The van der Waals surface area contributed by atoms with Gasteiger partial charge in [0, 0.05) is 6.42 Å². The van der Waals surface area contributed by atoms with Crippen molar-refractivity contribution in [3.63, 3.8) is 0 Å². The Hall–Kier alpha value is -4.02. The number of nitrogens with zero attached hydrogens (tertiary/aromatic N) is 4. The van der Waals surface area contributed by atoms with Crippen LogP contribution in [0.25, 0.3) is 11.2 Å². The van der Waals surface area contributed by atoms with Gasteiger partial charge in [-0.2, -0.15) is 9.97 Å². The summed E-state index contributed by atoms with van der Waals surface area (Å²) in [5.41, 5.74) is 6.16. The average Bonchev–Trinajstić information content (AvgIpc) is 3.44. The molecule has 0 spiro atoms. The van der Waals surface area contributed by atoms with Crippen LogP contribution in [0.15, 0.2) is 67.0 Å². The van der Waals surface area contributed by atoms with Crippen molar-refractivity contribution in [2.45, 2.75) is 31.3 Å². The maximum atomic E-state index is 12.9. The summed E-state index contributed by atoms with van der Waals surface area (Å²) in [6.45, 7) is 1.59. The summed E-state index contributed by atoms with van der Waals surface area (Å²) in [6, 6.07) is 17.2. The smallest absolute Gasteiger partial charge is 0.338 e. The van der Waals surface area contributed by atoms with Gasteiger partial charge in [-0.05, 0) is 31.2 Å². The van der Waals surface area contributed by atoms with Crippen LogP contribution in [0.5, 0.6) is 0 Å². The number of esters is 2. The third-order valence-corrected chi connectivity index (χ3v) is 6.26. The second kappa shape index (κ2) is 9.56. The van der Waals surface area contributed by atoms with E-state index in [1.54, 1.807) is 66.1 Å². The van der Waals surface area contributed by atoms with E-state index < -0.39 is 29.9 Å². The largest absolute Gasteiger partial charge is 0.459 e. The van der Waals surface area contributed by atoms with Crippen LogP contribution in [0.4, 0.5) is 5.95 Å². The van der Waals surface area contributed by atoms with Gasteiger partial charge in [0.1, 0.15) is 30.1 Å². The van der Waals surface area contributed by atoms with Crippen molar-refractivity contribution < 1.29 is 23.8 Å². The van der Waals surface area contributed by atoms with Gasteiger partial charge in [0.05, 0.1) is 17.5 Å². The lowest BCUT2D eigenvalue weighted by Gasteiger charge is -2.29. The van der Waals surface area contributed by atoms with Crippen LogP contribution >= 0.6 is 11.6 Å². The number of nitrogen functional groups attached to an aromatic ring is 1. The third-order valence-electron chi connectivity index (χ3n) is 6.00. The number of hydrogen-bond acceptors (Lipinski definition) is 9. The number of carbonyl (C=O) groups is 2. The van der Waals surface area contributed by atoms with Crippen molar-refractivity contribution in [3.8, 4) is 0 Å². The predicted molar refractivity (Wildman–Crippen MR) is 130 cm³/mol. The van der Waals surface area contributed by atoms with Gasteiger partial charge >= 0.3 is 11.9 Å². The molecule has 1 fully saturated rings. The molecule has 0 unspecified atom stereocenters. The first-order valence-corrected chi connectivity index (χ1v) is 11.5. The fourth-order valence-corrected chi connectivity index (χ4v) is 4.33. The molecule has 0 amide bonds. The van der Waals surface area contributed by atoms with E-state index in [2.05, 4.69) is 15.0 Å². The summed E-state index contributed by atoms with van der Waals surface area (Å²) in [5.74, 6) is -1.05. The monoisotopic (exact) mass is 507 g/mol. The average molecular weight is 508 g/mol. The number of aromatic nitrogens is 4. The Morgan fingerprint density at radius 3 is 2.39 bits per heavy atom. The molecule has 1 saturated heterocycles. The number of imidazole rings is 1. The van der Waals surface area contributed by atoms with E-state index in [0.29, 0.717) is 22.3 Å². The zero-order chi connectivity index (χ0) is 25.3. The van der Waals surface area contributed by atoms with Crippen molar-refractivity contribution >= 4 is 40.7 Å². The molecule has 3 atom stereocenters. The SMILES string of the molecule is C[C@]1(OC(=O)c2ccccc2)C[C@H](n2cnc3c(Cl)nc(N)nc32)O[C@@H]1COC(=O)c1ccccc1. The molecule has 3 heterocycles. The normalized spacial score (nSPS) is 21.4. The number of ether oxygens (including phenoxy) is 3. The van der Waals surface area contributed by atoms with Gasteiger partial charge in [0.15, 0.2) is 10.8 Å². The molecule has 36 heavy (non-hydrogen) atoms. The molecule has 0 aliphatic carbocycles. The number of rotatable bonds is 6. The molecule has 2 N–H and O–H groups in total. The maximum Gasteiger partial charge on any atom is 0.338 e. The van der Waals surface area contributed by atoms with Crippen LogP contribution in [0.2, 0.25) is 5.15 Å². The summed E-state index contributed by atoms with van der Waals surface area (Å²) in [7, 11) is 0. The molecular weight excluding hydrogens is 486 g/mol. The molecular formula is C25H22ClN5O5. The molecule has 184 valence electrons. The van der Waals surface area contributed by atoms with Crippen molar-refractivity contribution in [1.82, 2.24) is 19.5 Å².